The minimum atomic E-state index is -0.787. The van der Waals surface area contributed by atoms with Gasteiger partial charge in [0.05, 0.1) is 25.2 Å². The lowest BCUT2D eigenvalue weighted by Gasteiger charge is -2.24. The fourth-order valence-electron chi connectivity index (χ4n) is 9.64. The third kappa shape index (κ3) is 50.7. The van der Waals surface area contributed by atoms with Crippen LogP contribution in [0, 0.1) is 0 Å². The second kappa shape index (κ2) is 56.3. The van der Waals surface area contributed by atoms with Gasteiger partial charge >= 0.3 is 5.97 Å². The van der Waals surface area contributed by atoms with Crippen LogP contribution in [-0.4, -0.2) is 46.9 Å². The smallest absolute Gasteiger partial charge is 0.306 e. The number of ether oxygens (including phenoxy) is 1. The van der Waals surface area contributed by atoms with E-state index in [-0.39, 0.29) is 24.9 Å². The number of hydrogen-bond donors (Lipinski definition) is 3. The standard InChI is InChI=1S/C62H119NO5/c1-4-7-10-13-16-19-22-25-28-30-33-35-38-41-44-47-50-53-58(68-62(67)55-52-49-46-43-40-37-34-31-29-26-23-20-17-14-11-8-5-2)56-61(66)63-59(57-64)60(65)54-51-48-45-42-39-36-32-27-24-21-18-15-12-9-6-3/h16,19,25,28,58-60,64-65H,4-15,17-18,20-24,26-27,29-57H2,1-3H3,(H,63,66)/b19-16-,28-25-. The van der Waals surface area contributed by atoms with E-state index in [1.54, 1.807) is 0 Å². The van der Waals surface area contributed by atoms with Crippen molar-refractivity contribution in [1.82, 2.24) is 5.32 Å². The van der Waals surface area contributed by atoms with Crippen LogP contribution in [0.25, 0.3) is 0 Å². The van der Waals surface area contributed by atoms with Gasteiger partial charge in [0.25, 0.3) is 0 Å². The number of amides is 1. The Morgan fingerprint density at radius 2 is 0.750 bits per heavy atom. The van der Waals surface area contributed by atoms with E-state index in [4.69, 9.17) is 4.74 Å². The molecule has 3 N–H and O–H groups in total. The summed E-state index contributed by atoms with van der Waals surface area (Å²) in [5.74, 6) is -0.458. The normalized spacial score (nSPS) is 13.2. The Bertz CT molecular complexity index is 1080. The van der Waals surface area contributed by atoms with Crippen LogP contribution in [0.3, 0.4) is 0 Å². The maximum atomic E-state index is 13.3. The number of carbonyl (C=O) groups is 2. The molecule has 0 bridgehead atoms. The molecule has 1 amide bonds. The number of aliphatic hydroxyl groups is 2. The van der Waals surface area contributed by atoms with Gasteiger partial charge in [-0.25, -0.2) is 0 Å². The zero-order valence-corrected chi connectivity index (χ0v) is 46.0. The Hall–Kier alpha value is -1.66. The van der Waals surface area contributed by atoms with Gasteiger partial charge in [0.1, 0.15) is 6.10 Å². The van der Waals surface area contributed by atoms with Gasteiger partial charge in [-0.3, -0.25) is 9.59 Å². The Balaban J connectivity index is 4.52. The van der Waals surface area contributed by atoms with Crippen LogP contribution in [-0.2, 0) is 14.3 Å². The molecule has 0 saturated heterocycles. The summed E-state index contributed by atoms with van der Waals surface area (Å²) in [6.07, 6.45) is 66.7. The van der Waals surface area contributed by atoms with Crippen molar-refractivity contribution >= 4 is 11.9 Å². The van der Waals surface area contributed by atoms with Crippen molar-refractivity contribution in [2.75, 3.05) is 6.61 Å². The van der Waals surface area contributed by atoms with Gasteiger partial charge in [0.15, 0.2) is 0 Å². The van der Waals surface area contributed by atoms with Gasteiger partial charge in [-0.2, -0.15) is 0 Å². The van der Waals surface area contributed by atoms with E-state index in [0.29, 0.717) is 19.3 Å². The predicted molar refractivity (Wildman–Crippen MR) is 296 cm³/mol. The molecule has 402 valence electrons. The van der Waals surface area contributed by atoms with E-state index in [9.17, 15) is 19.8 Å². The summed E-state index contributed by atoms with van der Waals surface area (Å²) < 4.78 is 5.98. The summed E-state index contributed by atoms with van der Waals surface area (Å²) in [6.45, 7) is 6.51. The molecule has 0 rings (SSSR count). The molecule has 0 aliphatic rings. The van der Waals surface area contributed by atoms with Crippen molar-refractivity contribution in [3.63, 3.8) is 0 Å². The zero-order valence-electron chi connectivity index (χ0n) is 46.0. The second-order valence-corrected chi connectivity index (χ2v) is 21.1. The maximum absolute atomic E-state index is 13.3. The van der Waals surface area contributed by atoms with Gasteiger partial charge in [-0.05, 0) is 57.8 Å². The highest BCUT2D eigenvalue weighted by Crippen LogP contribution is 2.19. The molecule has 0 aliphatic carbocycles. The maximum Gasteiger partial charge on any atom is 0.306 e. The summed E-state index contributed by atoms with van der Waals surface area (Å²) >= 11 is 0. The van der Waals surface area contributed by atoms with Crippen LogP contribution >= 0.6 is 0 Å². The molecule has 0 heterocycles. The van der Waals surface area contributed by atoms with Crippen LogP contribution in [0.4, 0.5) is 0 Å². The minimum absolute atomic E-state index is 0.0785. The Kier molecular flexibility index (Phi) is 54.9. The third-order valence-electron chi connectivity index (χ3n) is 14.3. The topological polar surface area (TPSA) is 95.9 Å². The summed E-state index contributed by atoms with van der Waals surface area (Å²) in [5.41, 5.74) is 0. The molecule has 0 aromatic heterocycles. The first kappa shape index (κ1) is 66.3. The first-order valence-corrected chi connectivity index (χ1v) is 30.6. The SMILES string of the molecule is CCCCC/C=C\C/C=C\CCCCCCCCCC(CC(=O)NC(CO)C(O)CCCCCCCCCCCCCCCCC)OC(=O)CCCCCCCCCCCCCCCCCCC. The summed E-state index contributed by atoms with van der Waals surface area (Å²) in [4.78, 5) is 26.3. The average molecular weight is 959 g/mol. The molecule has 0 fully saturated rings. The van der Waals surface area contributed by atoms with Gasteiger partial charge in [0.2, 0.25) is 5.91 Å². The Labute approximate surface area is 424 Å². The number of rotatable bonds is 56. The molecule has 0 radical (unpaired) electrons. The number of nitrogens with one attached hydrogen (secondary N) is 1. The lowest BCUT2D eigenvalue weighted by Crippen LogP contribution is -2.46. The highest BCUT2D eigenvalue weighted by atomic mass is 16.5. The average Bonchev–Trinajstić information content (AvgIpc) is 3.33. The molecule has 6 heteroatoms. The molecule has 0 aromatic carbocycles. The van der Waals surface area contributed by atoms with Gasteiger partial charge in [-0.15, -0.1) is 0 Å². The molecule has 0 aromatic rings. The molecule has 3 atom stereocenters. The van der Waals surface area contributed by atoms with Crippen LogP contribution < -0.4 is 5.32 Å². The molecular formula is C62H119NO5. The fourth-order valence-corrected chi connectivity index (χ4v) is 9.64. The van der Waals surface area contributed by atoms with E-state index >= 15 is 0 Å². The van der Waals surface area contributed by atoms with Crippen molar-refractivity contribution in [3.05, 3.63) is 24.3 Å². The molecule has 0 aliphatic heterocycles. The molecule has 68 heavy (non-hydrogen) atoms. The van der Waals surface area contributed by atoms with Crippen molar-refractivity contribution < 1.29 is 24.5 Å². The van der Waals surface area contributed by atoms with Crippen molar-refractivity contribution in [3.8, 4) is 0 Å². The number of hydrogen-bond acceptors (Lipinski definition) is 5. The van der Waals surface area contributed by atoms with Gasteiger partial charge in [0, 0.05) is 6.42 Å². The fraction of sp³-hybridized carbons (Fsp3) is 0.903. The lowest BCUT2D eigenvalue weighted by molar-refractivity contribution is -0.151. The predicted octanol–water partition coefficient (Wildman–Crippen LogP) is 19.0. The van der Waals surface area contributed by atoms with Crippen molar-refractivity contribution in [2.45, 2.75) is 354 Å². The van der Waals surface area contributed by atoms with E-state index in [2.05, 4.69) is 50.4 Å². The Morgan fingerprint density at radius 1 is 0.426 bits per heavy atom. The first-order chi connectivity index (χ1) is 33.5. The molecule has 3 unspecified atom stereocenters. The van der Waals surface area contributed by atoms with Crippen LogP contribution in [0.2, 0.25) is 0 Å². The lowest BCUT2D eigenvalue weighted by atomic mass is 10.0. The highest BCUT2D eigenvalue weighted by Gasteiger charge is 2.24. The number of allylic oxidation sites excluding steroid dienone is 4. The summed E-state index contributed by atoms with van der Waals surface area (Å²) in [6, 6.07) is -0.701. The zero-order chi connectivity index (χ0) is 49.5. The molecule has 0 saturated carbocycles. The molecule has 6 nitrogen and oxygen atoms in total. The number of aliphatic hydroxyl groups excluding tert-OH is 2. The van der Waals surface area contributed by atoms with Crippen molar-refractivity contribution in [1.29, 1.82) is 0 Å². The van der Waals surface area contributed by atoms with Crippen LogP contribution in [0.1, 0.15) is 335 Å². The number of carbonyl (C=O) groups excluding carboxylic acids is 2. The summed E-state index contributed by atoms with van der Waals surface area (Å²) in [7, 11) is 0. The number of esters is 1. The van der Waals surface area contributed by atoms with E-state index < -0.39 is 18.2 Å². The Morgan fingerprint density at radius 3 is 1.15 bits per heavy atom. The minimum Gasteiger partial charge on any atom is -0.462 e. The van der Waals surface area contributed by atoms with Crippen LogP contribution in [0.5, 0.6) is 0 Å². The largest absolute Gasteiger partial charge is 0.462 e. The molecular weight excluding hydrogens is 839 g/mol. The van der Waals surface area contributed by atoms with E-state index in [1.807, 2.05) is 0 Å². The van der Waals surface area contributed by atoms with E-state index in [0.717, 1.165) is 64.2 Å². The van der Waals surface area contributed by atoms with Gasteiger partial charge < -0.3 is 20.3 Å². The summed E-state index contributed by atoms with van der Waals surface area (Å²) in [5, 5.41) is 23.9. The highest BCUT2D eigenvalue weighted by molar-refractivity contribution is 5.77. The number of unbranched alkanes of at least 4 members (excludes halogenated alkanes) is 40. The third-order valence-corrected chi connectivity index (χ3v) is 14.3. The first-order valence-electron chi connectivity index (χ1n) is 30.6. The molecule has 0 spiro atoms. The van der Waals surface area contributed by atoms with E-state index in [1.165, 1.54) is 225 Å². The monoisotopic (exact) mass is 958 g/mol. The van der Waals surface area contributed by atoms with Crippen LogP contribution in [0.15, 0.2) is 24.3 Å². The second-order valence-electron chi connectivity index (χ2n) is 21.1. The van der Waals surface area contributed by atoms with Gasteiger partial charge in [-0.1, -0.05) is 289 Å². The quantitative estimate of drug-likeness (QED) is 0.0321. The van der Waals surface area contributed by atoms with Crippen molar-refractivity contribution in [2.24, 2.45) is 0 Å².